The zero-order chi connectivity index (χ0) is 19.8. The van der Waals surface area contributed by atoms with Crippen molar-refractivity contribution in [2.45, 2.75) is 26.4 Å². The Bertz CT molecular complexity index is 911. The molecule has 1 aromatic carbocycles. The molecule has 10 heteroatoms. The quantitative estimate of drug-likeness (QED) is 0.803. The second-order valence-electron chi connectivity index (χ2n) is 6.49. The van der Waals surface area contributed by atoms with Gasteiger partial charge in [-0.1, -0.05) is 28.5 Å². The van der Waals surface area contributed by atoms with Crippen LogP contribution in [0.1, 0.15) is 51.2 Å². The fraction of sp³-hybridized carbons (Fsp3) is 0.235. The maximum absolute atomic E-state index is 12.2. The number of nitrogens with zero attached hydrogens (tertiary/aromatic N) is 2. The van der Waals surface area contributed by atoms with Crippen LogP contribution in [0, 0.1) is 0 Å². The Morgan fingerprint density at radius 1 is 1.11 bits per heavy atom. The molecule has 1 aliphatic rings. The smallest absolute Gasteiger partial charge is 0.413 e. The van der Waals surface area contributed by atoms with E-state index in [1.165, 1.54) is 12.1 Å². The molecule has 27 heavy (non-hydrogen) atoms. The van der Waals surface area contributed by atoms with Crippen LogP contribution in [0.25, 0.3) is 0 Å². The van der Waals surface area contributed by atoms with E-state index in [-0.39, 0.29) is 21.1 Å². The van der Waals surface area contributed by atoms with Crippen molar-refractivity contribution in [1.29, 1.82) is 0 Å². The second-order valence-corrected chi connectivity index (χ2v) is 7.52. The van der Waals surface area contributed by atoms with Gasteiger partial charge in [-0.2, -0.15) is 0 Å². The maximum atomic E-state index is 12.2. The molecular weight excluding hydrogens is 374 g/mol. The number of thiazole rings is 1. The zero-order valence-electron chi connectivity index (χ0n) is 14.6. The van der Waals surface area contributed by atoms with Gasteiger partial charge in [0, 0.05) is 0 Å². The Hall–Kier alpha value is -3.27. The predicted octanol–water partition coefficient (Wildman–Crippen LogP) is 2.86. The number of nitrogens with one attached hydrogen (secondary N) is 1. The van der Waals surface area contributed by atoms with E-state index >= 15 is 0 Å². The number of carbonyl (C=O) groups is 4. The summed E-state index contributed by atoms with van der Waals surface area (Å²) >= 11 is 0.818. The van der Waals surface area contributed by atoms with Gasteiger partial charge in [-0.25, -0.2) is 14.6 Å². The summed E-state index contributed by atoms with van der Waals surface area (Å²) in [5.41, 5.74) is -0.368. The molecule has 0 fully saturated rings. The number of benzene rings is 1. The average molecular weight is 389 g/mol. The van der Waals surface area contributed by atoms with Crippen molar-refractivity contribution < 1.29 is 28.8 Å². The van der Waals surface area contributed by atoms with Crippen LogP contribution in [0.15, 0.2) is 30.5 Å². The number of ether oxygens (including phenoxy) is 1. The van der Waals surface area contributed by atoms with Crippen molar-refractivity contribution >= 4 is 40.3 Å². The lowest BCUT2D eigenvalue weighted by Gasteiger charge is -2.18. The van der Waals surface area contributed by atoms with E-state index in [1.54, 1.807) is 32.9 Å². The third-order valence-electron chi connectivity index (χ3n) is 3.25. The van der Waals surface area contributed by atoms with Crippen molar-refractivity contribution in [3.05, 3.63) is 46.5 Å². The summed E-state index contributed by atoms with van der Waals surface area (Å²) in [6, 6.07) is 6.15. The normalized spacial score (nSPS) is 13.4. The van der Waals surface area contributed by atoms with Crippen molar-refractivity contribution in [2.24, 2.45) is 0 Å². The zero-order valence-corrected chi connectivity index (χ0v) is 15.5. The first-order valence-corrected chi connectivity index (χ1v) is 8.63. The first-order chi connectivity index (χ1) is 12.7. The molecular formula is C17H15N3O6S. The number of fused-ring (bicyclic) bond motifs is 1. The number of hydrogen-bond donors (Lipinski definition) is 1. The highest BCUT2D eigenvalue weighted by molar-refractivity contribution is 7.17. The van der Waals surface area contributed by atoms with Crippen LogP contribution in [-0.2, 0) is 9.57 Å². The third-order valence-corrected chi connectivity index (χ3v) is 4.14. The van der Waals surface area contributed by atoms with Crippen LogP contribution < -0.4 is 5.32 Å². The minimum Gasteiger partial charge on any atom is -0.444 e. The summed E-state index contributed by atoms with van der Waals surface area (Å²) in [6.07, 6.45) is 0.440. The molecule has 0 bridgehead atoms. The van der Waals surface area contributed by atoms with Gasteiger partial charge >= 0.3 is 12.1 Å². The number of anilines is 1. The highest BCUT2D eigenvalue weighted by atomic mass is 32.1. The molecule has 1 aliphatic heterocycles. The Morgan fingerprint density at radius 2 is 1.70 bits per heavy atom. The van der Waals surface area contributed by atoms with E-state index in [0.29, 0.717) is 5.06 Å². The molecule has 3 amide bonds. The highest BCUT2D eigenvalue weighted by Gasteiger charge is 2.39. The van der Waals surface area contributed by atoms with Gasteiger partial charge in [0.05, 0.1) is 17.3 Å². The van der Waals surface area contributed by atoms with Gasteiger partial charge in [0.25, 0.3) is 11.8 Å². The number of amides is 3. The van der Waals surface area contributed by atoms with Crippen molar-refractivity contribution in [2.75, 3.05) is 5.32 Å². The minimum absolute atomic E-state index is 0.00221. The van der Waals surface area contributed by atoms with Crippen LogP contribution in [0.2, 0.25) is 0 Å². The van der Waals surface area contributed by atoms with Crippen LogP contribution in [-0.4, -0.2) is 39.5 Å². The molecule has 2 heterocycles. The number of carbonyl (C=O) groups excluding carboxylic acids is 4. The van der Waals surface area contributed by atoms with E-state index in [9.17, 15) is 19.2 Å². The summed E-state index contributed by atoms with van der Waals surface area (Å²) in [6.45, 7) is 5.12. The third kappa shape index (κ3) is 3.95. The SMILES string of the molecule is CC(C)(C)OC(=O)Nc1ncc(C(=O)ON2C(=O)c3ccccc3C2=O)s1. The summed E-state index contributed by atoms with van der Waals surface area (Å²) in [5, 5.41) is 2.91. The number of hydroxylamine groups is 2. The Kier molecular flexibility index (Phi) is 4.66. The lowest BCUT2D eigenvalue weighted by Crippen LogP contribution is -2.32. The summed E-state index contributed by atoms with van der Waals surface area (Å²) in [7, 11) is 0. The Labute approximate surface area is 157 Å². The van der Waals surface area contributed by atoms with Gasteiger partial charge < -0.3 is 9.57 Å². The molecule has 0 saturated carbocycles. The molecule has 1 N–H and O–H groups in total. The average Bonchev–Trinajstić information content (AvgIpc) is 3.13. The monoisotopic (exact) mass is 389 g/mol. The fourth-order valence-corrected chi connectivity index (χ4v) is 2.87. The van der Waals surface area contributed by atoms with E-state index < -0.39 is 29.5 Å². The number of rotatable bonds is 3. The van der Waals surface area contributed by atoms with Crippen LogP contribution in [0.3, 0.4) is 0 Å². The van der Waals surface area contributed by atoms with Crippen molar-refractivity contribution in [3.8, 4) is 0 Å². The molecule has 0 saturated heterocycles. The van der Waals surface area contributed by atoms with Gasteiger partial charge in [0.1, 0.15) is 10.5 Å². The Morgan fingerprint density at radius 3 is 2.26 bits per heavy atom. The number of aromatic nitrogens is 1. The molecule has 0 spiro atoms. The van der Waals surface area contributed by atoms with Gasteiger partial charge in [-0.05, 0) is 32.9 Å². The predicted molar refractivity (Wildman–Crippen MR) is 94.3 cm³/mol. The van der Waals surface area contributed by atoms with Crippen LogP contribution in [0.4, 0.5) is 9.93 Å². The van der Waals surface area contributed by atoms with E-state index in [4.69, 9.17) is 9.57 Å². The van der Waals surface area contributed by atoms with E-state index in [1.807, 2.05) is 0 Å². The summed E-state index contributed by atoms with van der Waals surface area (Å²) in [4.78, 5) is 57.1. The highest BCUT2D eigenvalue weighted by Crippen LogP contribution is 2.25. The molecule has 2 aromatic rings. The van der Waals surface area contributed by atoms with E-state index in [0.717, 1.165) is 17.5 Å². The van der Waals surface area contributed by atoms with Crippen LogP contribution in [0.5, 0.6) is 0 Å². The molecule has 3 rings (SSSR count). The molecule has 0 unspecified atom stereocenters. The first kappa shape index (κ1) is 18.5. The largest absolute Gasteiger partial charge is 0.444 e. The molecule has 0 aliphatic carbocycles. The summed E-state index contributed by atoms with van der Waals surface area (Å²) < 4.78 is 5.09. The molecule has 0 radical (unpaired) electrons. The molecule has 9 nitrogen and oxygen atoms in total. The van der Waals surface area contributed by atoms with E-state index in [2.05, 4.69) is 10.3 Å². The lowest BCUT2D eigenvalue weighted by atomic mass is 10.1. The van der Waals surface area contributed by atoms with Crippen molar-refractivity contribution in [3.63, 3.8) is 0 Å². The molecule has 1 aromatic heterocycles. The lowest BCUT2D eigenvalue weighted by molar-refractivity contribution is -0.0581. The Balaban J connectivity index is 1.66. The number of imide groups is 1. The van der Waals surface area contributed by atoms with Crippen LogP contribution >= 0.6 is 11.3 Å². The molecule has 140 valence electrons. The standard InChI is InChI=1S/C17H15N3O6S/c1-17(2,3)25-16(24)19-15-18-8-11(27-15)14(23)26-20-12(21)9-6-4-5-7-10(9)13(20)22/h4-8H,1-3H3,(H,18,19,24). The fourth-order valence-electron chi connectivity index (χ4n) is 2.20. The van der Waals surface area contributed by atoms with Gasteiger partial charge in [-0.3, -0.25) is 14.9 Å². The van der Waals surface area contributed by atoms with Crippen molar-refractivity contribution in [1.82, 2.24) is 10.0 Å². The maximum Gasteiger partial charge on any atom is 0.413 e. The van der Waals surface area contributed by atoms with Gasteiger partial charge in [-0.15, -0.1) is 0 Å². The molecule has 0 atom stereocenters. The topological polar surface area (TPSA) is 115 Å². The first-order valence-electron chi connectivity index (χ1n) is 7.81. The van der Waals surface area contributed by atoms with Gasteiger partial charge in [0.15, 0.2) is 5.13 Å². The van der Waals surface area contributed by atoms with Gasteiger partial charge in [0.2, 0.25) is 0 Å². The summed E-state index contributed by atoms with van der Waals surface area (Å²) in [5.74, 6) is -2.39. The number of hydrogen-bond acceptors (Lipinski definition) is 8. The second kappa shape index (κ2) is 6.80. The minimum atomic E-state index is -0.945.